The third kappa shape index (κ3) is 3.42. The molecule has 2 heteroatoms. The van der Waals surface area contributed by atoms with Gasteiger partial charge < -0.3 is 5.11 Å². The summed E-state index contributed by atoms with van der Waals surface area (Å²) in [5, 5.41) is 7.00. The largest absolute Gasteiger partial charge is 0.400 e. The van der Waals surface area contributed by atoms with E-state index in [0.717, 1.165) is 7.11 Å². The summed E-state index contributed by atoms with van der Waals surface area (Å²) < 4.78 is 0. The molecule has 0 aromatic carbocycles. The van der Waals surface area contributed by atoms with Crippen molar-refractivity contribution in [3.8, 4) is 0 Å². The van der Waals surface area contributed by atoms with Crippen LogP contribution >= 0.6 is 0 Å². The molecule has 0 unspecified atom stereocenters. The Morgan fingerprint density at radius 3 is 1.54 bits per heavy atom. The van der Waals surface area contributed by atoms with Gasteiger partial charge >= 0.3 is 0 Å². The van der Waals surface area contributed by atoms with Crippen molar-refractivity contribution in [2.24, 2.45) is 5.41 Å². The van der Waals surface area contributed by atoms with E-state index < -0.39 is 0 Å². The van der Waals surface area contributed by atoms with Crippen LogP contribution in [0.2, 0.25) is 0 Å². The molecule has 0 heterocycles. The minimum absolute atomic E-state index is 0. The van der Waals surface area contributed by atoms with Gasteiger partial charge in [-0.05, 0) is 0 Å². The van der Waals surface area contributed by atoms with E-state index in [1.165, 1.54) is 16.7 Å². The van der Waals surface area contributed by atoms with Crippen molar-refractivity contribution in [3.05, 3.63) is 22.8 Å². The van der Waals surface area contributed by atoms with Gasteiger partial charge in [-0.15, -0.1) is 6.92 Å². The first kappa shape index (κ1) is 15.6. The summed E-state index contributed by atoms with van der Waals surface area (Å²) in [5.74, 6) is 0. The van der Waals surface area contributed by atoms with Crippen LogP contribution in [-0.4, -0.2) is 12.2 Å². The fraction of sp³-hybridized carbons (Fsp3) is 0.636. The third-order valence-electron chi connectivity index (χ3n) is 2.56. The molecule has 0 saturated heterocycles. The van der Waals surface area contributed by atoms with Crippen LogP contribution in [0.4, 0.5) is 0 Å². The number of allylic oxidation sites excluding steroid dienone is 4. The van der Waals surface area contributed by atoms with Gasteiger partial charge in [-0.25, -0.2) is 5.57 Å². The Bertz CT molecular complexity index is 224. The van der Waals surface area contributed by atoms with Crippen LogP contribution in [0.5, 0.6) is 0 Å². The summed E-state index contributed by atoms with van der Waals surface area (Å²) in [6.45, 7) is 10.9. The van der Waals surface area contributed by atoms with Crippen LogP contribution in [0, 0.1) is 11.5 Å². The van der Waals surface area contributed by atoms with Crippen LogP contribution in [0.15, 0.2) is 16.7 Å². The standard InChI is InChI=1S/C10H15.CH4O.Ti/c1-7-6-10(4,5)9(3)8(7)2;1-2;/h1-5H3;2H,1H3;/q-1;;. The van der Waals surface area contributed by atoms with Gasteiger partial charge in [0.25, 0.3) is 0 Å². The Balaban J connectivity index is 0. The van der Waals surface area contributed by atoms with Gasteiger partial charge in [0, 0.05) is 28.8 Å². The van der Waals surface area contributed by atoms with E-state index in [9.17, 15) is 0 Å². The molecule has 0 atom stereocenters. The summed E-state index contributed by atoms with van der Waals surface area (Å²) in [6.07, 6.45) is 3.44. The summed E-state index contributed by atoms with van der Waals surface area (Å²) in [7, 11) is 1.00. The Hall–Kier alpha value is 0.154. The number of aliphatic hydroxyl groups is 1. The Kier molecular flexibility index (Phi) is 6.96. The van der Waals surface area contributed by atoms with Crippen molar-refractivity contribution in [2.75, 3.05) is 7.11 Å². The molecule has 0 spiro atoms. The van der Waals surface area contributed by atoms with Crippen LogP contribution in [0.1, 0.15) is 34.6 Å². The third-order valence-corrected chi connectivity index (χ3v) is 2.56. The minimum atomic E-state index is 0. The van der Waals surface area contributed by atoms with Crippen LogP contribution in [0.3, 0.4) is 0 Å². The molecule has 1 aliphatic carbocycles. The smallest absolute Gasteiger partial charge is 0.0319 e. The van der Waals surface area contributed by atoms with E-state index >= 15 is 0 Å². The van der Waals surface area contributed by atoms with E-state index in [-0.39, 0.29) is 27.1 Å². The topological polar surface area (TPSA) is 20.2 Å². The molecular weight excluding hydrogens is 196 g/mol. The second-order valence-electron chi connectivity index (χ2n) is 3.62. The second kappa shape index (κ2) is 5.79. The van der Waals surface area contributed by atoms with Crippen molar-refractivity contribution in [3.63, 3.8) is 0 Å². The zero-order chi connectivity index (χ0) is 9.94. The molecule has 1 aliphatic rings. The normalized spacial score (nSPS) is 18.5. The molecule has 0 saturated carbocycles. The van der Waals surface area contributed by atoms with Crippen molar-refractivity contribution in [2.45, 2.75) is 34.6 Å². The number of rotatable bonds is 0. The molecule has 0 bridgehead atoms. The summed E-state index contributed by atoms with van der Waals surface area (Å²) in [5.41, 5.74) is 4.39. The monoisotopic (exact) mass is 215 g/mol. The number of hydrogen-bond acceptors (Lipinski definition) is 1. The van der Waals surface area contributed by atoms with E-state index in [1.807, 2.05) is 0 Å². The molecule has 1 nitrogen and oxygen atoms in total. The van der Waals surface area contributed by atoms with Gasteiger partial charge in [-0.3, -0.25) is 6.08 Å². The molecule has 0 aromatic rings. The first-order valence-corrected chi connectivity index (χ1v) is 4.20. The molecule has 0 aromatic heterocycles. The van der Waals surface area contributed by atoms with E-state index in [0.29, 0.717) is 0 Å². The SMILES string of the molecule is CC1=[C-]C(C)(C)C(C)=C1C.CO.[Ti]. The first-order chi connectivity index (χ1) is 5.45. The summed E-state index contributed by atoms with van der Waals surface area (Å²) >= 11 is 0. The van der Waals surface area contributed by atoms with Crippen molar-refractivity contribution < 1.29 is 26.8 Å². The Morgan fingerprint density at radius 1 is 1.08 bits per heavy atom. The zero-order valence-electron chi connectivity index (χ0n) is 9.45. The second-order valence-corrected chi connectivity index (χ2v) is 3.62. The Labute approximate surface area is 96.8 Å². The molecule has 74 valence electrons. The van der Waals surface area contributed by atoms with Crippen LogP contribution < -0.4 is 0 Å². The maximum Gasteiger partial charge on any atom is 0.0319 e. The summed E-state index contributed by atoms with van der Waals surface area (Å²) in [4.78, 5) is 0. The van der Waals surface area contributed by atoms with Crippen LogP contribution in [0.25, 0.3) is 0 Å². The predicted octanol–water partition coefficient (Wildman–Crippen LogP) is 2.72. The van der Waals surface area contributed by atoms with E-state index in [4.69, 9.17) is 5.11 Å². The first-order valence-electron chi connectivity index (χ1n) is 4.20. The molecule has 13 heavy (non-hydrogen) atoms. The van der Waals surface area contributed by atoms with Crippen molar-refractivity contribution in [1.29, 1.82) is 0 Å². The predicted molar refractivity (Wildman–Crippen MR) is 52.7 cm³/mol. The van der Waals surface area contributed by atoms with Gasteiger partial charge in [0.2, 0.25) is 0 Å². The van der Waals surface area contributed by atoms with Gasteiger partial charge in [0.05, 0.1) is 0 Å². The molecule has 0 radical (unpaired) electrons. The maximum atomic E-state index is 7.00. The number of hydrogen-bond donors (Lipinski definition) is 1. The van der Waals surface area contributed by atoms with E-state index in [1.54, 1.807) is 0 Å². The molecular formula is C11H19OTi-. The molecule has 0 amide bonds. The van der Waals surface area contributed by atoms with Crippen LogP contribution in [-0.2, 0) is 21.7 Å². The van der Waals surface area contributed by atoms with Crippen molar-refractivity contribution >= 4 is 0 Å². The van der Waals surface area contributed by atoms with E-state index in [2.05, 4.69) is 40.7 Å². The zero-order valence-corrected chi connectivity index (χ0v) is 11.0. The molecule has 1 rings (SSSR count). The fourth-order valence-electron chi connectivity index (χ4n) is 1.41. The van der Waals surface area contributed by atoms with Gasteiger partial charge in [0.15, 0.2) is 0 Å². The summed E-state index contributed by atoms with van der Waals surface area (Å²) in [6, 6.07) is 0. The fourth-order valence-corrected chi connectivity index (χ4v) is 1.41. The average molecular weight is 215 g/mol. The van der Waals surface area contributed by atoms with Gasteiger partial charge in [0.1, 0.15) is 0 Å². The number of aliphatic hydroxyl groups excluding tert-OH is 1. The van der Waals surface area contributed by atoms with Crippen molar-refractivity contribution in [1.82, 2.24) is 0 Å². The maximum absolute atomic E-state index is 7.00. The van der Waals surface area contributed by atoms with Gasteiger partial charge in [-0.1, -0.05) is 33.1 Å². The molecule has 0 fully saturated rings. The Morgan fingerprint density at radius 2 is 1.46 bits per heavy atom. The average Bonchev–Trinajstić information content (AvgIpc) is 2.19. The minimum Gasteiger partial charge on any atom is -0.400 e. The quantitative estimate of drug-likeness (QED) is 0.486. The molecule has 1 N–H and O–H groups in total. The van der Waals surface area contributed by atoms with Gasteiger partial charge in [-0.2, -0.15) is 11.1 Å². The molecule has 0 aliphatic heterocycles.